The number of hydrogen-bond acceptors (Lipinski definition) is 4. The molecule has 0 aromatic heterocycles. The Kier molecular flexibility index (Phi) is 4.49. The number of fused-ring (bicyclic) bond motifs is 1. The van der Waals surface area contributed by atoms with E-state index in [2.05, 4.69) is 0 Å². The van der Waals surface area contributed by atoms with Gasteiger partial charge in [0.25, 0.3) is 0 Å². The van der Waals surface area contributed by atoms with Crippen LogP contribution in [0, 0.1) is 5.82 Å². The van der Waals surface area contributed by atoms with Crippen LogP contribution in [0.3, 0.4) is 0 Å². The van der Waals surface area contributed by atoms with Crippen molar-refractivity contribution in [1.29, 1.82) is 0 Å². The fourth-order valence-corrected chi connectivity index (χ4v) is 5.02. The summed E-state index contributed by atoms with van der Waals surface area (Å²) in [5.41, 5.74) is 0. The molecule has 1 aromatic rings. The first kappa shape index (κ1) is 15.9. The van der Waals surface area contributed by atoms with Crippen molar-refractivity contribution in [2.75, 3.05) is 19.8 Å². The minimum atomic E-state index is -3.72. The van der Waals surface area contributed by atoms with Crippen molar-refractivity contribution < 1.29 is 22.3 Å². The molecule has 0 spiro atoms. The predicted octanol–water partition coefficient (Wildman–Crippen LogP) is 1.78. The van der Waals surface area contributed by atoms with Crippen molar-refractivity contribution in [1.82, 2.24) is 4.31 Å². The molecule has 5 nitrogen and oxygen atoms in total. The van der Waals surface area contributed by atoms with Gasteiger partial charge in [-0.25, -0.2) is 12.8 Å². The van der Waals surface area contributed by atoms with E-state index in [-0.39, 0.29) is 23.1 Å². The number of sulfonamides is 1. The third-order valence-corrected chi connectivity index (χ3v) is 6.19. The molecule has 1 aromatic carbocycles. The van der Waals surface area contributed by atoms with Crippen LogP contribution >= 0.6 is 0 Å². The molecule has 0 N–H and O–H groups in total. The van der Waals surface area contributed by atoms with E-state index >= 15 is 0 Å². The van der Waals surface area contributed by atoms with Gasteiger partial charge >= 0.3 is 0 Å². The summed E-state index contributed by atoms with van der Waals surface area (Å²) in [4.78, 5) is -0.00647. The number of benzene rings is 1. The number of hydrogen-bond donors (Lipinski definition) is 0. The molecule has 7 heteroatoms. The number of halogens is 1. The van der Waals surface area contributed by atoms with Gasteiger partial charge in [-0.05, 0) is 38.0 Å². The van der Waals surface area contributed by atoms with E-state index in [0.29, 0.717) is 26.2 Å². The first-order chi connectivity index (χ1) is 10.5. The number of nitrogens with zero attached hydrogens (tertiary/aromatic N) is 1. The van der Waals surface area contributed by atoms with E-state index in [1.807, 2.05) is 6.92 Å². The molecule has 3 atom stereocenters. The molecule has 1 heterocycles. The van der Waals surface area contributed by atoms with Crippen LogP contribution in [0.4, 0.5) is 4.39 Å². The largest absolute Gasteiger partial charge is 0.376 e. The SMILES string of the molecule is CCO[C@H]1CC[C@H]2[C@H]1OCCN2S(=O)(=O)c1cccc(F)c1. The standard InChI is InChI=1S/C15H20FNO4S/c1-2-20-14-7-6-13-15(14)21-9-8-17(13)22(18,19)12-5-3-4-11(16)10-12/h3-5,10,13-15H,2,6-9H2,1H3/t13-,14-,15+/m0/s1. The van der Waals surface area contributed by atoms with Gasteiger partial charge in [0.2, 0.25) is 10.0 Å². The maximum Gasteiger partial charge on any atom is 0.243 e. The molecule has 1 aliphatic heterocycles. The van der Waals surface area contributed by atoms with Gasteiger partial charge in [0.05, 0.1) is 23.6 Å². The fourth-order valence-electron chi connectivity index (χ4n) is 3.34. The van der Waals surface area contributed by atoms with Crippen molar-refractivity contribution in [3.8, 4) is 0 Å². The Morgan fingerprint density at radius 1 is 1.41 bits per heavy atom. The highest BCUT2D eigenvalue weighted by Gasteiger charge is 2.47. The molecule has 3 rings (SSSR count). The van der Waals surface area contributed by atoms with E-state index in [4.69, 9.17) is 9.47 Å². The highest BCUT2D eigenvalue weighted by Crippen LogP contribution is 2.35. The molecule has 0 amide bonds. The summed E-state index contributed by atoms with van der Waals surface area (Å²) in [6.45, 7) is 3.11. The maximum atomic E-state index is 13.4. The summed E-state index contributed by atoms with van der Waals surface area (Å²) in [6.07, 6.45) is 1.17. The van der Waals surface area contributed by atoms with Crippen molar-refractivity contribution in [2.45, 2.75) is 42.9 Å². The van der Waals surface area contributed by atoms with Gasteiger partial charge < -0.3 is 9.47 Å². The van der Waals surface area contributed by atoms with Crippen molar-refractivity contribution in [3.63, 3.8) is 0 Å². The molecular weight excluding hydrogens is 309 g/mol. The fraction of sp³-hybridized carbons (Fsp3) is 0.600. The third-order valence-electron chi connectivity index (χ3n) is 4.27. The summed E-state index contributed by atoms with van der Waals surface area (Å²) in [6, 6.07) is 4.91. The summed E-state index contributed by atoms with van der Waals surface area (Å²) in [5, 5.41) is 0. The van der Waals surface area contributed by atoms with Crippen LogP contribution in [0.15, 0.2) is 29.2 Å². The minimum Gasteiger partial charge on any atom is -0.376 e. The second kappa shape index (κ2) is 6.23. The van der Waals surface area contributed by atoms with Crippen molar-refractivity contribution in [3.05, 3.63) is 30.1 Å². The van der Waals surface area contributed by atoms with Gasteiger partial charge in [0, 0.05) is 13.2 Å². The van der Waals surface area contributed by atoms with E-state index in [1.165, 1.54) is 22.5 Å². The zero-order valence-electron chi connectivity index (χ0n) is 12.4. The van der Waals surface area contributed by atoms with Gasteiger partial charge in [-0.15, -0.1) is 0 Å². The molecule has 1 saturated carbocycles. The minimum absolute atomic E-state index is 0.00647. The lowest BCUT2D eigenvalue weighted by Crippen LogP contribution is -2.53. The Morgan fingerprint density at radius 3 is 2.95 bits per heavy atom. The van der Waals surface area contributed by atoms with Gasteiger partial charge in [-0.2, -0.15) is 4.31 Å². The van der Waals surface area contributed by atoms with E-state index in [9.17, 15) is 12.8 Å². The molecule has 2 aliphatic rings. The normalized spacial score (nSPS) is 29.5. The maximum absolute atomic E-state index is 13.4. The van der Waals surface area contributed by atoms with E-state index < -0.39 is 15.8 Å². The van der Waals surface area contributed by atoms with Crippen LogP contribution < -0.4 is 0 Å². The molecule has 122 valence electrons. The van der Waals surface area contributed by atoms with Crippen molar-refractivity contribution in [2.24, 2.45) is 0 Å². The molecule has 22 heavy (non-hydrogen) atoms. The molecule has 0 bridgehead atoms. The lowest BCUT2D eigenvalue weighted by molar-refractivity contribution is -0.0938. The molecule has 0 radical (unpaired) electrons. The Balaban J connectivity index is 1.88. The van der Waals surface area contributed by atoms with Crippen LogP contribution in [0.5, 0.6) is 0 Å². The third kappa shape index (κ3) is 2.78. The predicted molar refractivity (Wildman–Crippen MR) is 78.5 cm³/mol. The van der Waals surface area contributed by atoms with Crippen LogP contribution in [-0.2, 0) is 19.5 Å². The molecule has 1 aliphatic carbocycles. The average Bonchev–Trinajstić information content (AvgIpc) is 2.91. The van der Waals surface area contributed by atoms with Crippen LogP contribution in [-0.4, -0.2) is 50.7 Å². The lowest BCUT2D eigenvalue weighted by Gasteiger charge is -2.38. The van der Waals surface area contributed by atoms with Gasteiger partial charge in [-0.3, -0.25) is 0 Å². The first-order valence-electron chi connectivity index (χ1n) is 7.54. The highest BCUT2D eigenvalue weighted by atomic mass is 32.2. The van der Waals surface area contributed by atoms with Crippen LogP contribution in [0.2, 0.25) is 0 Å². The summed E-state index contributed by atoms with van der Waals surface area (Å²) >= 11 is 0. The zero-order chi connectivity index (χ0) is 15.7. The Bertz CT molecular complexity index is 636. The van der Waals surface area contributed by atoms with Gasteiger partial charge in [0.15, 0.2) is 0 Å². The summed E-state index contributed by atoms with van der Waals surface area (Å²) in [5.74, 6) is -0.551. The molecule has 1 saturated heterocycles. The topological polar surface area (TPSA) is 55.8 Å². The zero-order valence-corrected chi connectivity index (χ0v) is 13.3. The number of morpholine rings is 1. The van der Waals surface area contributed by atoms with Crippen molar-refractivity contribution >= 4 is 10.0 Å². The quantitative estimate of drug-likeness (QED) is 0.845. The monoisotopic (exact) mass is 329 g/mol. The number of ether oxygens (including phenoxy) is 2. The number of rotatable bonds is 4. The van der Waals surface area contributed by atoms with E-state index in [1.54, 1.807) is 0 Å². The van der Waals surface area contributed by atoms with Crippen LogP contribution in [0.1, 0.15) is 19.8 Å². The summed E-state index contributed by atoms with van der Waals surface area (Å²) in [7, 11) is -3.72. The Labute approximate surface area is 130 Å². The first-order valence-corrected chi connectivity index (χ1v) is 8.98. The lowest BCUT2D eigenvalue weighted by atomic mass is 10.1. The smallest absolute Gasteiger partial charge is 0.243 e. The van der Waals surface area contributed by atoms with E-state index in [0.717, 1.165) is 12.5 Å². The highest BCUT2D eigenvalue weighted by molar-refractivity contribution is 7.89. The summed E-state index contributed by atoms with van der Waals surface area (Å²) < 4.78 is 51.8. The molecular formula is C15H20FNO4S. The Hall–Kier alpha value is -1.02. The molecule has 2 fully saturated rings. The van der Waals surface area contributed by atoms with Gasteiger partial charge in [-0.1, -0.05) is 6.07 Å². The van der Waals surface area contributed by atoms with Crippen LogP contribution in [0.25, 0.3) is 0 Å². The molecule has 0 unspecified atom stereocenters. The van der Waals surface area contributed by atoms with Gasteiger partial charge in [0.1, 0.15) is 11.9 Å². The Morgan fingerprint density at radius 2 is 2.23 bits per heavy atom. The second-order valence-corrected chi connectivity index (χ2v) is 7.44. The average molecular weight is 329 g/mol. The second-order valence-electron chi connectivity index (χ2n) is 5.55.